The van der Waals surface area contributed by atoms with E-state index in [0.29, 0.717) is 17.7 Å². The fourth-order valence-corrected chi connectivity index (χ4v) is 3.13. The van der Waals surface area contributed by atoms with Gasteiger partial charge in [0, 0.05) is 22.9 Å². The number of para-hydroxylation sites is 1. The summed E-state index contributed by atoms with van der Waals surface area (Å²) >= 11 is 0. The van der Waals surface area contributed by atoms with Crippen LogP contribution in [0.4, 0.5) is 0 Å². The highest BCUT2D eigenvalue weighted by molar-refractivity contribution is 6.10. The summed E-state index contributed by atoms with van der Waals surface area (Å²) in [7, 11) is 1.61. The van der Waals surface area contributed by atoms with Crippen molar-refractivity contribution in [1.82, 2.24) is 0 Å². The SMILES string of the molecule is COc1ccc(C(=O)c2oc3ccccc3c2Cc2ccccc2)cc1. The Labute approximate surface area is 151 Å². The molecule has 4 aromatic rings. The predicted molar refractivity (Wildman–Crippen MR) is 102 cm³/mol. The van der Waals surface area contributed by atoms with Gasteiger partial charge in [0.15, 0.2) is 5.76 Å². The van der Waals surface area contributed by atoms with E-state index < -0.39 is 0 Å². The lowest BCUT2D eigenvalue weighted by Gasteiger charge is -2.05. The van der Waals surface area contributed by atoms with Gasteiger partial charge in [-0.2, -0.15) is 0 Å². The van der Waals surface area contributed by atoms with E-state index in [1.807, 2.05) is 42.5 Å². The number of carbonyl (C=O) groups is 1. The number of benzene rings is 3. The van der Waals surface area contributed by atoms with Gasteiger partial charge in [-0.05, 0) is 35.9 Å². The first-order chi connectivity index (χ1) is 12.8. The van der Waals surface area contributed by atoms with Crippen molar-refractivity contribution in [3.05, 3.63) is 101 Å². The first kappa shape index (κ1) is 16.2. The second-order valence-corrected chi connectivity index (χ2v) is 6.13. The van der Waals surface area contributed by atoms with Gasteiger partial charge in [0.1, 0.15) is 11.3 Å². The lowest BCUT2D eigenvalue weighted by molar-refractivity contribution is 0.101. The second-order valence-electron chi connectivity index (χ2n) is 6.13. The molecule has 0 atom stereocenters. The first-order valence-corrected chi connectivity index (χ1v) is 8.49. The maximum Gasteiger partial charge on any atom is 0.228 e. The smallest absolute Gasteiger partial charge is 0.228 e. The monoisotopic (exact) mass is 342 g/mol. The largest absolute Gasteiger partial charge is 0.497 e. The zero-order valence-electron chi connectivity index (χ0n) is 14.4. The summed E-state index contributed by atoms with van der Waals surface area (Å²) in [5, 5.41) is 0.980. The van der Waals surface area contributed by atoms with Crippen LogP contribution >= 0.6 is 0 Å². The summed E-state index contributed by atoms with van der Waals surface area (Å²) < 4.78 is 11.1. The molecule has 0 aliphatic heterocycles. The summed E-state index contributed by atoms with van der Waals surface area (Å²) in [6.45, 7) is 0. The Morgan fingerprint density at radius 2 is 1.58 bits per heavy atom. The number of carbonyl (C=O) groups excluding carboxylic acids is 1. The predicted octanol–water partition coefficient (Wildman–Crippen LogP) is 5.26. The summed E-state index contributed by atoms with van der Waals surface area (Å²) in [6.07, 6.45) is 0.648. The van der Waals surface area contributed by atoms with E-state index >= 15 is 0 Å². The highest BCUT2D eigenvalue weighted by atomic mass is 16.5. The molecule has 4 rings (SSSR count). The third-order valence-corrected chi connectivity index (χ3v) is 4.48. The summed E-state index contributed by atoms with van der Waals surface area (Å²) in [4.78, 5) is 13.1. The van der Waals surface area contributed by atoms with Crippen LogP contribution in [0.1, 0.15) is 27.2 Å². The minimum absolute atomic E-state index is 0.116. The second kappa shape index (κ2) is 6.89. The highest BCUT2D eigenvalue weighted by Crippen LogP contribution is 2.30. The molecular weight excluding hydrogens is 324 g/mol. The first-order valence-electron chi connectivity index (χ1n) is 8.49. The highest BCUT2D eigenvalue weighted by Gasteiger charge is 2.22. The van der Waals surface area contributed by atoms with E-state index in [1.54, 1.807) is 31.4 Å². The van der Waals surface area contributed by atoms with Crippen molar-refractivity contribution < 1.29 is 13.9 Å². The zero-order valence-corrected chi connectivity index (χ0v) is 14.4. The van der Waals surface area contributed by atoms with E-state index in [1.165, 1.54) is 0 Å². The van der Waals surface area contributed by atoms with Crippen molar-refractivity contribution >= 4 is 16.8 Å². The minimum Gasteiger partial charge on any atom is -0.497 e. The van der Waals surface area contributed by atoms with Crippen LogP contribution in [0.5, 0.6) is 5.75 Å². The zero-order chi connectivity index (χ0) is 17.9. The molecule has 3 aromatic carbocycles. The van der Waals surface area contributed by atoms with E-state index in [4.69, 9.17) is 9.15 Å². The third-order valence-electron chi connectivity index (χ3n) is 4.48. The van der Waals surface area contributed by atoms with E-state index in [-0.39, 0.29) is 5.78 Å². The molecule has 0 fully saturated rings. The normalized spacial score (nSPS) is 10.8. The molecule has 3 nitrogen and oxygen atoms in total. The summed E-state index contributed by atoms with van der Waals surface area (Å²) in [5.41, 5.74) is 3.38. The molecule has 1 heterocycles. The third kappa shape index (κ3) is 3.00. The van der Waals surface area contributed by atoms with Crippen LogP contribution < -0.4 is 4.74 Å². The molecule has 0 bridgehead atoms. The number of furan rings is 1. The quantitative estimate of drug-likeness (QED) is 0.464. The van der Waals surface area contributed by atoms with Gasteiger partial charge in [0.05, 0.1) is 7.11 Å². The van der Waals surface area contributed by atoms with Gasteiger partial charge >= 0.3 is 0 Å². The van der Waals surface area contributed by atoms with E-state index in [9.17, 15) is 4.79 Å². The van der Waals surface area contributed by atoms with Crippen molar-refractivity contribution in [2.75, 3.05) is 7.11 Å². The molecule has 128 valence electrons. The fourth-order valence-electron chi connectivity index (χ4n) is 3.13. The summed E-state index contributed by atoms with van der Waals surface area (Å²) in [5.74, 6) is 1.01. The van der Waals surface area contributed by atoms with Crippen LogP contribution in [0, 0.1) is 0 Å². The number of fused-ring (bicyclic) bond motifs is 1. The Morgan fingerprint density at radius 1 is 0.885 bits per heavy atom. The Balaban J connectivity index is 1.80. The van der Waals surface area contributed by atoms with Crippen LogP contribution in [0.25, 0.3) is 11.0 Å². The minimum atomic E-state index is -0.116. The van der Waals surface area contributed by atoms with Gasteiger partial charge in [-0.25, -0.2) is 0 Å². The number of hydrogen-bond donors (Lipinski definition) is 0. The van der Waals surface area contributed by atoms with Crippen molar-refractivity contribution in [2.45, 2.75) is 6.42 Å². The van der Waals surface area contributed by atoms with Gasteiger partial charge in [-0.1, -0.05) is 48.5 Å². The molecule has 0 spiro atoms. The molecule has 0 unspecified atom stereocenters. The van der Waals surface area contributed by atoms with Crippen LogP contribution in [-0.2, 0) is 6.42 Å². The van der Waals surface area contributed by atoms with Crippen molar-refractivity contribution in [1.29, 1.82) is 0 Å². The molecule has 26 heavy (non-hydrogen) atoms. The molecule has 0 saturated carbocycles. The van der Waals surface area contributed by atoms with Gasteiger partial charge in [-0.3, -0.25) is 4.79 Å². The average molecular weight is 342 g/mol. The number of ketones is 1. The van der Waals surface area contributed by atoms with Gasteiger partial charge in [0.2, 0.25) is 5.78 Å². The molecule has 0 amide bonds. The maximum atomic E-state index is 13.1. The van der Waals surface area contributed by atoms with Crippen LogP contribution in [0.2, 0.25) is 0 Å². The number of rotatable bonds is 5. The number of methoxy groups -OCH3 is 1. The molecule has 0 aliphatic rings. The Hall–Kier alpha value is -3.33. The molecule has 0 aliphatic carbocycles. The molecule has 3 heteroatoms. The molecule has 1 aromatic heterocycles. The van der Waals surface area contributed by atoms with Crippen molar-refractivity contribution in [3.8, 4) is 5.75 Å². The average Bonchev–Trinajstić information content (AvgIpc) is 3.07. The number of hydrogen-bond acceptors (Lipinski definition) is 3. The topological polar surface area (TPSA) is 39.4 Å². The van der Waals surface area contributed by atoms with Gasteiger partial charge < -0.3 is 9.15 Å². The van der Waals surface area contributed by atoms with Crippen LogP contribution in [-0.4, -0.2) is 12.9 Å². The molecular formula is C23H18O3. The van der Waals surface area contributed by atoms with Crippen molar-refractivity contribution in [2.24, 2.45) is 0 Å². The number of ether oxygens (including phenoxy) is 1. The van der Waals surface area contributed by atoms with Crippen LogP contribution in [0.15, 0.2) is 83.3 Å². The lowest BCUT2D eigenvalue weighted by atomic mass is 9.98. The Bertz CT molecular complexity index is 1040. The maximum absolute atomic E-state index is 13.1. The molecule has 0 saturated heterocycles. The van der Waals surface area contributed by atoms with Crippen LogP contribution in [0.3, 0.4) is 0 Å². The lowest BCUT2D eigenvalue weighted by Crippen LogP contribution is -2.04. The van der Waals surface area contributed by atoms with E-state index in [0.717, 1.165) is 27.8 Å². The van der Waals surface area contributed by atoms with Gasteiger partial charge in [0.25, 0.3) is 0 Å². The fraction of sp³-hybridized carbons (Fsp3) is 0.0870. The molecule has 0 radical (unpaired) electrons. The molecule has 0 N–H and O–H groups in total. The Morgan fingerprint density at radius 3 is 2.31 bits per heavy atom. The summed E-state index contributed by atoms with van der Waals surface area (Å²) in [6, 6.07) is 25.0. The standard InChI is InChI=1S/C23H18O3/c1-25-18-13-11-17(12-14-18)22(24)23-20(15-16-7-3-2-4-8-16)19-9-5-6-10-21(19)26-23/h2-14H,15H2,1H3. The Kier molecular flexibility index (Phi) is 4.28. The van der Waals surface area contributed by atoms with Gasteiger partial charge in [-0.15, -0.1) is 0 Å². The van der Waals surface area contributed by atoms with Crippen molar-refractivity contribution in [3.63, 3.8) is 0 Å². The van der Waals surface area contributed by atoms with E-state index in [2.05, 4.69) is 12.1 Å².